The molecule has 0 spiro atoms. The smallest absolute Gasteiger partial charge is 0.322 e. The first-order valence-electron chi connectivity index (χ1n) is 9.08. The monoisotopic (exact) mass is 530 g/mol. The summed E-state index contributed by atoms with van der Waals surface area (Å²) < 4.78 is 119. The van der Waals surface area contributed by atoms with Crippen molar-refractivity contribution in [1.29, 1.82) is 0 Å². The van der Waals surface area contributed by atoms with E-state index in [1.165, 1.54) is 17.5 Å². The Morgan fingerprint density at radius 3 is 2.09 bits per heavy atom. The highest BCUT2D eigenvalue weighted by atomic mass is 32.1. The van der Waals surface area contributed by atoms with Gasteiger partial charge in [0.15, 0.2) is 5.69 Å². The number of carbonyl (C=O) groups excluding carboxylic acids is 2. The van der Waals surface area contributed by atoms with Crippen LogP contribution < -0.4 is 10.6 Å². The predicted octanol–water partition coefficient (Wildman–Crippen LogP) is 5.80. The molecule has 0 radical (unpaired) electrons. The number of alkyl halides is 8. The second kappa shape index (κ2) is 8.90. The molecule has 0 bridgehead atoms. The Bertz CT molecular complexity index is 1260. The molecule has 35 heavy (non-hydrogen) atoms. The van der Waals surface area contributed by atoms with Gasteiger partial charge in [0.25, 0.3) is 11.8 Å². The van der Waals surface area contributed by atoms with Crippen LogP contribution in [0, 0.1) is 5.82 Å². The Kier molecular flexibility index (Phi) is 6.63. The van der Waals surface area contributed by atoms with Crippen molar-refractivity contribution in [2.75, 3.05) is 10.6 Å². The number of aryl methyl sites for hydroxylation is 1. The predicted molar refractivity (Wildman–Crippen MR) is 105 cm³/mol. The molecule has 0 saturated carbocycles. The van der Waals surface area contributed by atoms with Crippen molar-refractivity contribution in [2.45, 2.75) is 18.3 Å². The number of halogens is 9. The van der Waals surface area contributed by atoms with Gasteiger partial charge >= 0.3 is 18.3 Å². The molecule has 0 saturated heterocycles. The van der Waals surface area contributed by atoms with Crippen LogP contribution in [0.2, 0.25) is 0 Å². The van der Waals surface area contributed by atoms with E-state index >= 15 is 0 Å². The maximum atomic E-state index is 13.7. The van der Waals surface area contributed by atoms with Gasteiger partial charge in [-0.1, -0.05) is 0 Å². The maximum Gasteiger partial charge on any atom is 0.459 e. The van der Waals surface area contributed by atoms with Crippen molar-refractivity contribution in [3.8, 4) is 0 Å². The summed E-state index contributed by atoms with van der Waals surface area (Å²) in [6.45, 7) is 0. The summed E-state index contributed by atoms with van der Waals surface area (Å²) in [5.41, 5.74) is -6.69. The maximum absolute atomic E-state index is 13.7. The first kappa shape index (κ1) is 26.1. The normalized spacial score (nSPS) is 12.5. The van der Waals surface area contributed by atoms with Gasteiger partial charge in [-0.05, 0) is 30.3 Å². The van der Waals surface area contributed by atoms with Crippen LogP contribution in [-0.2, 0) is 19.1 Å². The number of thiophene rings is 1. The zero-order chi connectivity index (χ0) is 26.3. The minimum absolute atomic E-state index is 0.0388. The molecule has 0 atom stereocenters. The average Bonchev–Trinajstić information content (AvgIpc) is 3.33. The standard InChI is InChI=1S/C19H11F9N4O2S/c1-32-13(12(18(23,24)25)14(31-32)17(21,22)19(26,27)28)16(34)30-11-6-8(7-35-11)15(33)29-10-4-2-9(20)3-5-10/h2-7H,1H3,(H,29,33)(H,30,34). The van der Waals surface area contributed by atoms with Crippen LogP contribution in [-0.4, -0.2) is 27.8 Å². The zero-order valence-corrected chi connectivity index (χ0v) is 17.8. The Labute approximate surface area is 193 Å². The number of nitrogens with one attached hydrogen (secondary N) is 2. The summed E-state index contributed by atoms with van der Waals surface area (Å²) in [5.74, 6) is -8.99. The van der Waals surface area contributed by atoms with E-state index in [9.17, 15) is 49.1 Å². The van der Waals surface area contributed by atoms with E-state index in [-0.39, 0.29) is 20.9 Å². The molecule has 2 amide bonds. The largest absolute Gasteiger partial charge is 0.459 e. The molecule has 2 N–H and O–H groups in total. The van der Waals surface area contributed by atoms with E-state index < -0.39 is 52.9 Å². The minimum Gasteiger partial charge on any atom is -0.322 e. The number of nitrogens with zero attached hydrogens (tertiary/aromatic N) is 2. The van der Waals surface area contributed by atoms with Crippen LogP contribution >= 0.6 is 11.3 Å². The molecule has 16 heteroatoms. The topological polar surface area (TPSA) is 76.0 Å². The number of carbonyl (C=O) groups is 2. The van der Waals surface area contributed by atoms with E-state index in [4.69, 9.17) is 0 Å². The lowest BCUT2D eigenvalue weighted by Gasteiger charge is -2.19. The molecule has 2 aromatic heterocycles. The quantitative estimate of drug-likeness (QED) is 0.410. The van der Waals surface area contributed by atoms with Gasteiger partial charge < -0.3 is 10.6 Å². The van der Waals surface area contributed by atoms with Gasteiger partial charge in [-0.3, -0.25) is 14.3 Å². The fourth-order valence-electron chi connectivity index (χ4n) is 2.84. The summed E-state index contributed by atoms with van der Waals surface area (Å²) in [4.78, 5) is 24.7. The molecule has 0 unspecified atom stereocenters. The third-order valence-corrected chi connectivity index (χ3v) is 5.25. The lowest BCUT2D eigenvalue weighted by atomic mass is 10.1. The van der Waals surface area contributed by atoms with Gasteiger partial charge in [0.05, 0.1) is 10.6 Å². The second-order valence-electron chi connectivity index (χ2n) is 6.88. The fraction of sp³-hybridized carbons (Fsp3) is 0.211. The van der Waals surface area contributed by atoms with Crippen LogP contribution in [0.3, 0.4) is 0 Å². The number of anilines is 2. The fourth-order valence-corrected chi connectivity index (χ4v) is 3.61. The Morgan fingerprint density at radius 1 is 0.943 bits per heavy atom. The van der Waals surface area contributed by atoms with Gasteiger partial charge in [-0.15, -0.1) is 11.3 Å². The van der Waals surface area contributed by atoms with E-state index in [0.29, 0.717) is 18.4 Å². The van der Waals surface area contributed by atoms with Crippen LogP contribution in [0.4, 0.5) is 50.2 Å². The summed E-state index contributed by atoms with van der Waals surface area (Å²) in [6.07, 6.45) is -12.2. The van der Waals surface area contributed by atoms with Gasteiger partial charge in [0.2, 0.25) is 0 Å². The van der Waals surface area contributed by atoms with E-state index in [0.717, 1.165) is 18.2 Å². The van der Waals surface area contributed by atoms with Crippen LogP contribution in [0.1, 0.15) is 32.1 Å². The lowest BCUT2D eigenvalue weighted by Crippen LogP contribution is -2.36. The molecule has 3 rings (SSSR count). The van der Waals surface area contributed by atoms with Gasteiger partial charge in [-0.25, -0.2) is 4.39 Å². The Balaban J connectivity index is 1.89. The zero-order valence-electron chi connectivity index (χ0n) is 17.0. The van der Waals surface area contributed by atoms with E-state index in [1.54, 1.807) is 0 Å². The first-order valence-corrected chi connectivity index (χ1v) is 9.96. The van der Waals surface area contributed by atoms with Crippen molar-refractivity contribution < 1.29 is 49.1 Å². The molecule has 1 aromatic carbocycles. The van der Waals surface area contributed by atoms with Crippen molar-refractivity contribution >= 4 is 33.8 Å². The summed E-state index contributed by atoms with van der Waals surface area (Å²) in [5, 5.41) is 7.92. The highest BCUT2D eigenvalue weighted by Gasteiger charge is 2.64. The van der Waals surface area contributed by atoms with Crippen LogP contribution in [0.25, 0.3) is 0 Å². The highest BCUT2D eigenvalue weighted by molar-refractivity contribution is 7.14. The Hall–Kier alpha value is -3.56. The van der Waals surface area contributed by atoms with E-state index in [1.807, 2.05) is 5.32 Å². The minimum atomic E-state index is -6.41. The molecule has 0 aliphatic carbocycles. The molecule has 0 aliphatic heterocycles. The number of benzene rings is 1. The molecule has 3 aromatic rings. The molecular formula is C19H11F9N4O2S. The molecular weight excluding hydrogens is 519 g/mol. The van der Waals surface area contributed by atoms with Crippen LogP contribution in [0.5, 0.6) is 0 Å². The third kappa shape index (κ3) is 5.26. The molecule has 0 fully saturated rings. The number of hydrogen-bond donors (Lipinski definition) is 2. The first-order chi connectivity index (χ1) is 16.0. The van der Waals surface area contributed by atoms with Crippen molar-refractivity contribution in [3.63, 3.8) is 0 Å². The van der Waals surface area contributed by atoms with Crippen molar-refractivity contribution in [2.24, 2.45) is 7.05 Å². The van der Waals surface area contributed by atoms with Crippen molar-refractivity contribution in [3.05, 3.63) is 64.0 Å². The number of hydrogen-bond acceptors (Lipinski definition) is 4. The average molecular weight is 530 g/mol. The van der Waals surface area contributed by atoms with Crippen LogP contribution in [0.15, 0.2) is 35.7 Å². The summed E-state index contributed by atoms with van der Waals surface area (Å²) in [6, 6.07) is 5.65. The van der Waals surface area contributed by atoms with E-state index in [2.05, 4.69) is 10.4 Å². The summed E-state index contributed by atoms with van der Waals surface area (Å²) in [7, 11) is 0.593. The Morgan fingerprint density at radius 2 is 1.54 bits per heavy atom. The second-order valence-corrected chi connectivity index (χ2v) is 7.79. The SMILES string of the molecule is Cn1nc(C(F)(F)C(F)(F)F)c(C(F)(F)F)c1C(=O)Nc1cc(C(=O)Nc2ccc(F)cc2)cs1. The highest BCUT2D eigenvalue weighted by Crippen LogP contribution is 2.48. The van der Waals surface area contributed by atoms with Crippen molar-refractivity contribution in [1.82, 2.24) is 9.78 Å². The molecule has 188 valence electrons. The third-order valence-electron chi connectivity index (χ3n) is 4.40. The van der Waals surface area contributed by atoms with Gasteiger partial charge in [-0.2, -0.15) is 40.2 Å². The van der Waals surface area contributed by atoms with Gasteiger partial charge in [0.1, 0.15) is 17.1 Å². The molecule has 0 aliphatic rings. The summed E-state index contributed by atoms with van der Waals surface area (Å²) >= 11 is 0.658. The number of aromatic nitrogens is 2. The number of amides is 2. The molecule has 6 nitrogen and oxygen atoms in total. The number of rotatable bonds is 5. The van der Waals surface area contributed by atoms with Gasteiger partial charge in [0, 0.05) is 18.1 Å². The molecule has 2 heterocycles. The lowest BCUT2D eigenvalue weighted by molar-refractivity contribution is -0.292.